The number of phenols is 1. The predicted molar refractivity (Wildman–Crippen MR) is 92.3 cm³/mol. The Morgan fingerprint density at radius 1 is 1.12 bits per heavy atom. The van der Waals surface area contributed by atoms with E-state index in [4.69, 9.17) is 0 Å². The largest absolute Gasteiger partial charge is 0.508 e. The summed E-state index contributed by atoms with van der Waals surface area (Å²) in [4.78, 5) is 27.2. The Bertz CT molecular complexity index is 566. The molecule has 3 amide bonds. The maximum Gasteiger partial charge on any atom is 0.321 e. The second-order valence-electron chi connectivity index (χ2n) is 6.50. The summed E-state index contributed by atoms with van der Waals surface area (Å²) in [5, 5.41) is 14.4. The first-order chi connectivity index (χ1) is 11.4. The molecule has 0 spiro atoms. The number of hydrogen-bond acceptors (Lipinski definition) is 4. The highest BCUT2D eigenvalue weighted by atomic mass is 16.3. The van der Waals surface area contributed by atoms with Crippen LogP contribution in [0.25, 0.3) is 0 Å². The number of urea groups is 1. The minimum Gasteiger partial charge on any atom is -0.508 e. The molecule has 1 aliphatic heterocycles. The molecule has 0 radical (unpaired) electrons. The van der Waals surface area contributed by atoms with Crippen LogP contribution in [-0.4, -0.2) is 55.3 Å². The normalized spacial score (nSPS) is 16.8. The van der Waals surface area contributed by atoms with Gasteiger partial charge in [0.2, 0.25) is 0 Å². The highest BCUT2D eigenvalue weighted by molar-refractivity contribution is 5.96. The summed E-state index contributed by atoms with van der Waals surface area (Å²) in [6.45, 7) is 8.85. The van der Waals surface area contributed by atoms with Crippen molar-refractivity contribution >= 4 is 17.6 Å². The first kappa shape index (κ1) is 18.1. The molecule has 1 heterocycles. The molecule has 2 rings (SSSR count). The number of aromatic hydroxyl groups is 1. The third-order valence-corrected chi connectivity index (χ3v) is 4.28. The van der Waals surface area contributed by atoms with Crippen LogP contribution in [0.3, 0.4) is 0 Å². The molecule has 1 atom stereocenters. The number of piperazine rings is 1. The second kappa shape index (κ2) is 8.01. The van der Waals surface area contributed by atoms with E-state index in [0.29, 0.717) is 0 Å². The Morgan fingerprint density at radius 3 is 2.25 bits per heavy atom. The maximum atomic E-state index is 12.2. The first-order valence-corrected chi connectivity index (χ1v) is 8.36. The van der Waals surface area contributed by atoms with Gasteiger partial charge in [-0.05, 0) is 45.0 Å². The molecule has 1 aromatic rings. The van der Waals surface area contributed by atoms with Gasteiger partial charge >= 0.3 is 6.03 Å². The number of amides is 3. The van der Waals surface area contributed by atoms with E-state index >= 15 is 0 Å². The summed E-state index contributed by atoms with van der Waals surface area (Å²) in [7, 11) is 0. The standard InChI is InChI=1S/C17H26N4O3/c1-12(2)18-17(24)19-16(23)13(3)20-8-10-21(11-9-20)14-4-6-15(22)7-5-14/h4-7,12-13,22H,8-11H2,1-3H3,(H2,18,19,23,24)/p+1/t13-/m0/s1. The lowest BCUT2D eigenvalue weighted by atomic mass is 10.2. The zero-order valence-electron chi connectivity index (χ0n) is 14.5. The molecule has 1 aromatic carbocycles. The molecule has 24 heavy (non-hydrogen) atoms. The van der Waals surface area contributed by atoms with Gasteiger partial charge in [0.15, 0.2) is 6.04 Å². The first-order valence-electron chi connectivity index (χ1n) is 8.36. The Kier molecular flexibility index (Phi) is 6.03. The van der Waals surface area contributed by atoms with E-state index in [-0.39, 0.29) is 23.7 Å². The van der Waals surface area contributed by atoms with Crippen molar-refractivity contribution in [2.45, 2.75) is 32.9 Å². The Morgan fingerprint density at radius 2 is 1.71 bits per heavy atom. The van der Waals surface area contributed by atoms with Crippen molar-refractivity contribution in [3.8, 4) is 5.75 Å². The molecule has 1 saturated heterocycles. The van der Waals surface area contributed by atoms with Gasteiger partial charge in [0.1, 0.15) is 5.75 Å². The molecule has 7 heteroatoms. The quantitative estimate of drug-likeness (QED) is 0.610. The number of imide groups is 1. The van der Waals surface area contributed by atoms with Crippen LogP contribution in [-0.2, 0) is 4.79 Å². The molecular formula is C17H27N4O3+. The topological polar surface area (TPSA) is 86.1 Å². The van der Waals surface area contributed by atoms with E-state index in [1.165, 1.54) is 4.90 Å². The van der Waals surface area contributed by atoms with Crippen LogP contribution in [0.2, 0.25) is 0 Å². The van der Waals surface area contributed by atoms with E-state index in [2.05, 4.69) is 15.5 Å². The average Bonchev–Trinajstić information content (AvgIpc) is 2.54. The average molecular weight is 335 g/mol. The zero-order valence-corrected chi connectivity index (χ0v) is 14.5. The zero-order chi connectivity index (χ0) is 17.7. The molecule has 7 nitrogen and oxygen atoms in total. The molecule has 0 unspecified atom stereocenters. The van der Waals surface area contributed by atoms with Crippen LogP contribution in [0.5, 0.6) is 5.75 Å². The molecule has 0 aliphatic carbocycles. The van der Waals surface area contributed by atoms with Gasteiger partial charge in [-0.25, -0.2) is 4.79 Å². The fourth-order valence-corrected chi connectivity index (χ4v) is 2.85. The third kappa shape index (κ3) is 4.86. The highest BCUT2D eigenvalue weighted by Crippen LogP contribution is 2.18. The van der Waals surface area contributed by atoms with Gasteiger partial charge in [0, 0.05) is 11.7 Å². The number of hydrogen-bond donors (Lipinski definition) is 4. The van der Waals surface area contributed by atoms with E-state index in [1.807, 2.05) is 32.9 Å². The van der Waals surface area contributed by atoms with Gasteiger partial charge in [-0.3, -0.25) is 10.1 Å². The van der Waals surface area contributed by atoms with E-state index in [0.717, 1.165) is 31.9 Å². The van der Waals surface area contributed by atoms with Crippen LogP contribution in [0.4, 0.5) is 10.5 Å². The number of phenolic OH excluding ortho intramolecular Hbond substituents is 1. The summed E-state index contributed by atoms with van der Waals surface area (Å²) in [6, 6.07) is 6.43. The number of nitrogens with zero attached hydrogens (tertiary/aromatic N) is 1. The van der Waals surface area contributed by atoms with Crippen LogP contribution in [0.1, 0.15) is 20.8 Å². The van der Waals surface area contributed by atoms with Gasteiger partial charge in [-0.1, -0.05) is 0 Å². The summed E-state index contributed by atoms with van der Waals surface area (Å²) in [5.74, 6) is 0.00853. The number of anilines is 1. The monoisotopic (exact) mass is 335 g/mol. The summed E-state index contributed by atoms with van der Waals surface area (Å²) in [5.41, 5.74) is 1.07. The minimum absolute atomic E-state index is 0.00527. The van der Waals surface area contributed by atoms with Gasteiger partial charge in [-0.2, -0.15) is 0 Å². The van der Waals surface area contributed by atoms with Crippen molar-refractivity contribution in [2.75, 3.05) is 31.1 Å². The van der Waals surface area contributed by atoms with E-state index in [1.54, 1.807) is 12.1 Å². The molecule has 1 aliphatic rings. The Balaban J connectivity index is 1.83. The minimum atomic E-state index is -0.441. The van der Waals surface area contributed by atoms with Crippen LogP contribution >= 0.6 is 0 Å². The fraction of sp³-hybridized carbons (Fsp3) is 0.529. The molecule has 132 valence electrons. The number of benzene rings is 1. The van der Waals surface area contributed by atoms with Crippen LogP contribution in [0, 0.1) is 0 Å². The van der Waals surface area contributed by atoms with Crippen molar-refractivity contribution in [2.24, 2.45) is 0 Å². The van der Waals surface area contributed by atoms with Crippen LogP contribution in [0.15, 0.2) is 24.3 Å². The Labute approximate surface area is 142 Å². The van der Waals surface area contributed by atoms with Crippen molar-refractivity contribution in [1.29, 1.82) is 0 Å². The second-order valence-corrected chi connectivity index (χ2v) is 6.50. The molecule has 0 aromatic heterocycles. The number of rotatable bonds is 4. The molecule has 0 saturated carbocycles. The maximum absolute atomic E-state index is 12.2. The van der Waals surface area contributed by atoms with Crippen molar-refractivity contribution in [3.63, 3.8) is 0 Å². The smallest absolute Gasteiger partial charge is 0.321 e. The molecule has 1 fully saturated rings. The molecular weight excluding hydrogens is 308 g/mol. The highest BCUT2D eigenvalue weighted by Gasteiger charge is 2.30. The lowest BCUT2D eigenvalue weighted by Crippen LogP contribution is -3.19. The third-order valence-electron chi connectivity index (χ3n) is 4.28. The van der Waals surface area contributed by atoms with Crippen molar-refractivity contribution in [3.05, 3.63) is 24.3 Å². The molecule has 4 N–H and O–H groups in total. The van der Waals surface area contributed by atoms with E-state index < -0.39 is 6.03 Å². The lowest BCUT2D eigenvalue weighted by Gasteiger charge is -2.35. The SMILES string of the molecule is CC(C)NC(=O)NC(=O)[C@H](C)[NH+]1CCN(c2ccc(O)cc2)CC1. The van der Waals surface area contributed by atoms with Gasteiger partial charge in [-0.15, -0.1) is 0 Å². The fourth-order valence-electron chi connectivity index (χ4n) is 2.85. The summed E-state index contributed by atoms with van der Waals surface area (Å²) < 4.78 is 0. The van der Waals surface area contributed by atoms with Gasteiger partial charge in [0.05, 0.1) is 26.2 Å². The summed E-state index contributed by atoms with van der Waals surface area (Å²) in [6.07, 6.45) is 0. The van der Waals surface area contributed by atoms with Crippen LogP contribution < -0.4 is 20.4 Å². The van der Waals surface area contributed by atoms with Gasteiger partial charge in [0.25, 0.3) is 5.91 Å². The van der Waals surface area contributed by atoms with Crippen molar-refractivity contribution in [1.82, 2.24) is 10.6 Å². The number of carbonyl (C=O) groups is 2. The number of nitrogens with one attached hydrogen (secondary N) is 3. The summed E-state index contributed by atoms with van der Waals surface area (Å²) >= 11 is 0. The molecule has 0 bridgehead atoms. The van der Waals surface area contributed by atoms with Crippen molar-refractivity contribution < 1.29 is 19.6 Å². The van der Waals surface area contributed by atoms with Gasteiger partial charge < -0.3 is 20.2 Å². The van der Waals surface area contributed by atoms with E-state index in [9.17, 15) is 14.7 Å². The lowest BCUT2D eigenvalue weighted by molar-refractivity contribution is -0.914. The number of carbonyl (C=O) groups excluding carboxylic acids is 2. The Hall–Kier alpha value is -2.28. The number of quaternary nitrogens is 1. The predicted octanol–water partition coefficient (Wildman–Crippen LogP) is -0.280.